The molecule has 3 N–H and O–H groups in total. The summed E-state index contributed by atoms with van der Waals surface area (Å²) in [4.78, 5) is 0. The first-order chi connectivity index (χ1) is 8.49. The highest BCUT2D eigenvalue weighted by Gasteiger charge is 2.11. The van der Waals surface area contributed by atoms with E-state index in [1.54, 1.807) is 18.2 Å². The second-order valence-electron chi connectivity index (χ2n) is 3.58. The van der Waals surface area contributed by atoms with Gasteiger partial charge in [0.1, 0.15) is 0 Å². The number of para-hydroxylation sites is 1. The summed E-state index contributed by atoms with van der Waals surface area (Å²) >= 11 is 5.79. The van der Waals surface area contributed by atoms with E-state index in [4.69, 9.17) is 17.3 Å². The minimum atomic E-state index is -1.51. The minimum Gasteiger partial charge on any atom is -0.396 e. The van der Waals surface area contributed by atoms with Crippen LogP contribution in [0.1, 0.15) is 0 Å². The minimum absolute atomic E-state index is 0.0420. The van der Waals surface area contributed by atoms with Crippen LogP contribution in [0.25, 0.3) is 0 Å². The largest absolute Gasteiger partial charge is 0.396 e. The predicted octanol–water partition coefficient (Wildman–Crippen LogP) is 4.08. The Balaban J connectivity index is 2.37. The van der Waals surface area contributed by atoms with Crippen LogP contribution in [0, 0.1) is 17.5 Å². The predicted molar refractivity (Wildman–Crippen MR) is 65.5 cm³/mol. The molecule has 2 nitrogen and oxygen atoms in total. The van der Waals surface area contributed by atoms with Gasteiger partial charge in [-0.2, -0.15) is 0 Å². The van der Waals surface area contributed by atoms with Crippen LogP contribution in [-0.4, -0.2) is 0 Å². The fourth-order valence-corrected chi connectivity index (χ4v) is 1.60. The first-order valence-electron chi connectivity index (χ1n) is 4.94. The zero-order valence-electron chi connectivity index (χ0n) is 8.98. The molecule has 2 rings (SSSR count). The lowest BCUT2D eigenvalue weighted by Gasteiger charge is -2.10. The zero-order valence-corrected chi connectivity index (χ0v) is 9.73. The number of nitrogens with one attached hydrogen (secondary N) is 1. The highest BCUT2D eigenvalue weighted by atomic mass is 35.5. The Morgan fingerprint density at radius 3 is 2.28 bits per heavy atom. The Bertz CT molecular complexity index is 579. The average molecular weight is 273 g/mol. The van der Waals surface area contributed by atoms with Crippen molar-refractivity contribution in [1.82, 2.24) is 0 Å². The van der Waals surface area contributed by atoms with Gasteiger partial charge in [0, 0.05) is 17.8 Å². The van der Waals surface area contributed by atoms with Crippen molar-refractivity contribution in [3.8, 4) is 0 Å². The molecule has 0 aliphatic carbocycles. The molecule has 0 unspecified atom stereocenters. The van der Waals surface area contributed by atoms with E-state index in [0.717, 1.165) is 12.1 Å². The van der Waals surface area contributed by atoms with Gasteiger partial charge in [-0.1, -0.05) is 17.7 Å². The fourth-order valence-electron chi connectivity index (χ4n) is 1.43. The van der Waals surface area contributed by atoms with Gasteiger partial charge in [0.2, 0.25) is 0 Å². The third-order valence-corrected chi connectivity index (χ3v) is 2.65. The SMILES string of the molecule is Nc1c(Cl)cccc1Nc1cc(F)c(F)c(F)c1. The molecule has 0 aromatic heterocycles. The van der Waals surface area contributed by atoms with Crippen molar-refractivity contribution in [2.75, 3.05) is 11.1 Å². The second-order valence-corrected chi connectivity index (χ2v) is 3.99. The van der Waals surface area contributed by atoms with E-state index in [1.165, 1.54) is 0 Å². The molecular formula is C12H8ClF3N2. The van der Waals surface area contributed by atoms with Crippen LogP contribution >= 0.6 is 11.6 Å². The normalized spacial score (nSPS) is 10.4. The van der Waals surface area contributed by atoms with Gasteiger partial charge in [0.25, 0.3) is 0 Å². The summed E-state index contributed by atoms with van der Waals surface area (Å²) in [7, 11) is 0. The number of hydrogen-bond acceptors (Lipinski definition) is 2. The maximum Gasteiger partial charge on any atom is 0.194 e. The molecule has 6 heteroatoms. The van der Waals surface area contributed by atoms with E-state index < -0.39 is 17.5 Å². The Labute approximate surface area is 106 Å². The van der Waals surface area contributed by atoms with Gasteiger partial charge in [0.05, 0.1) is 16.4 Å². The van der Waals surface area contributed by atoms with Crippen LogP contribution in [0.5, 0.6) is 0 Å². The summed E-state index contributed by atoms with van der Waals surface area (Å²) in [5.74, 6) is -4.07. The van der Waals surface area contributed by atoms with E-state index in [0.29, 0.717) is 10.7 Å². The molecule has 94 valence electrons. The molecule has 0 atom stereocenters. The summed E-state index contributed by atoms with van der Waals surface area (Å²) in [6, 6.07) is 6.45. The van der Waals surface area contributed by atoms with Crippen molar-refractivity contribution in [2.24, 2.45) is 0 Å². The second kappa shape index (κ2) is 4.78. The molecule has 0 saturated carbocycles. The van der Waals surface area contributed by atoms with Crippen LogP contribution in [0.2, 0.25) is 5.02 Å². The van der Waals surface area contributed by atoms with Gasteiger partial charge in [0.15, 0.2) is 17.5 Å². The maximum atomic E-state index is 13.0. The molecule has 2 aromatic carbocycles. The zero-order chi connectivity index (χ0) is 13.3. The molecule has 0 aliphatic rings. The molecule has 0 heterocycles. The quantitative estimate of drug-likeness (QED) is 0.638. The monoisotopic (exact) mass is 272 g/mol. The Morgan fingerprint density at radius 2 is 1.67 bits per heavy atom. The van der Waals surface area contributed by atoms with Crippen molar-refractivity contribution in [1.29, 1.82) is 0 Å². The number of benzene rings is 2. The molecule has 0 bridgehead atoms. The van der Waals surface area contributed by atoms with Crippen molar-refractivity contribution in [3.05, 3.63) is 52.8 Å². The van der Waals surface area contributed by atoms with Gasteiger partial charge in [-0.25, -0.2) is 13.2 Å². The van der Waals surface area contributed by atoms with E-state index in [2.05, 4.69) is 5.32 Å². The van der Waals surface area contributed by atoms with E-state index in [1.807, 2.05) is 0 Å². The molecule has 0 aliphatic heterocycles. The van der Waals surface area contributed by atoms with Gasteiger partial charge in [-0.3, -0.25) is 0 Å². The number of nitrogens with two attached hydrogens (primary N) is 1. The molecular weight excluding hydrogens is 265 g/mol. The fraction of sp³-hybridized carbons (Fsp3) is 0. The van der Waals surface area contributed by atoms with E-state index >= 15 is 0 Å². The van der Waals surface area contributed by atoms with E-state index in [9.17, 15) is 13.2 Å². The van der Waals surface area contributed by atoms with Crippen LogP contribution < -0.4 is 11.1 Å². The summed E-state index contributed by atoms with van der Waals surface area (Å²) in [5, 5.41) is 2.97. The average Bonchev–Trinajstić information content (AvgIpc) is 2.32. The number of halogens is 4. The summed E-state index contributed by atoms with van der Waals surface area (Å²) < 4.78 is 38.8. The van der Waals surface area contributed by atoms with Crippen LogP contribution in [0.3, 0.4) is 0 Å². The molecule has 0 spiro atoms. The Hall–Kier alpha value is -1.88. The number of nitrogen functional groups attached to an aromatic ring is 1. The first-order valence-corrected chi connectivity index (χ1v) is 5.32. The Morgan fingerprint density at radius 1 is 1.06 bits per heavy atom. The van der Waals surface area contributed by atoms with Gasteiger partial charge >= 0.3 is 0 Å². The molecule has 2 aromatic rings. The van der Waals surface area contributed by atoms with Crippen LogP contribution in [0.4, 0.5) is 30.2 Å². The summed E-state index contributed by atoms with van der Waals surface area (Å²) in [6.07, 6.45) is 0. The molecule has 0 radical (unpaired) electrons. The topological polar surface area (TPSA) is 38.0 Å². The highest BCUT2D eigenvalue weighted by Crippen LogP contribution is 2.30. The Kier molecular flexibility index (Phi) is 3.34. The first kappa shape index (κ1) is 12.6. The van der Waals surface area contributed by atoms with Crippen molar-refractivity contribution >= 4 is 28.7 Å². The highest BCUT2D eigenvalue weighted by molar-refractivity contribution is 6.33. The summed E-state index contributed by atoms with van der Waals surface area (Å²) in [5.41, 5.74) is 6.34. The number of anilines is 3. The number of hydrogen-bond donors (Lipinski definition) is 2. The van der Waals surface area contributed by atoms with Crippen molar-refractivity contribution in [3.63, 3.8) is 0 Å². The number of rotatable bonds is 2. The molecule has 0 fully saturated rings. The van der Waals surface area contributed by atoms with Crippen LogP contribution in [-0.2, 0) is 0 Å². The summed E-state index contributed by atoms with van der Waals surface area (Å²) in [6.45, 7) is 0. The smallest absolute Gasteiger partial charge is 0.194 e. The molecule has 0 amide bonds. The molecule has 0 saturated heterocycles. The third-order valence-electron chi connectivity index (χ3n) is 2.32. The lowest BCUT2D eigenvalue weighted by molar-refractivity contribution is 0.448. The maximum absolute atomic E-state index is 13.0. The third kappa shape index (κ3) is 2.36. The molecule has 18 heavy (non-hydrogen) atoms. The van der Waals surface area contributed by atoms with E-state index in [-0.39, 0.29) is 11.4 Å². The van der Waals surface area contributed by atoms with Gasteiger partial charge in [-0.15, -0.1) is 0 Å². The lowest BCUT2D eigenvalue weighted by atomic mass is 10.2. The van der Waals surface area contributed by atoms with Crippen molar-refractivity contribution in [2.45, 2.75) is 0 Å². The van der Waals surface area contributed by atoms with Crippen molar-refractivity contribution < 1.29 is 13.2 Å². The standard InChI is InChI=1S/C12H8ClF3N2/c13-7-2-1-3-10(12(7)17)18-6-4-8(14)11(16)9(15)5-6/h1-5,18H,17H2. The van der Waals surface area contributed by atoms with Gasteiger partial charge in [-0.05, 0) is 12.1 Å². The van der Waals surface area contributed by atoms with Gasteiger partial charge < -0.3 is 11.1 Å². The van der Waals surface area contributed by atoms with Crippen LogP contribution in [0.15, 0.2) is 30.3 Å². The lowest BCUT2D eigenvalue weighted by Crippen LogP contribution is -1.99.